The van der Waals surface area contributed by atoms with Crippen LogP contribution in [-0.2, 0) is 4.79 Å². The molecule has 128 valence electrons. The second kappa shape index (κ2) is 7.67. The van der Waals surface area contributed by atoms with Crippen molar-refractivity contribution in [3.05, 3.63) is 53.6 Å². The van der Waals surface area contributed by atoms with E-state index in [1.165, 1.54) is 11.8 Å². The summed E-state index contributed by atoms with van der Waals surface area (Å²) in [7, 11) is 0. The van der Waals surface area contributed by atoms with Gasteiger partial charge in [0.25, 0.3) is 5.91 Å². The predicted octanol–water partition coefficient (Wildman–Crippen LogP) is 3.94. The lowest BCUT2D eigenvalue weighted by atomic mass is 10.1. The van der Waals surface area contributed by atoms with Gasteiger partial charge in [-0.15, -0.1) is 11.3 Å². The Morgan fingerprint density at radius 3 is 2.92 bits per heavy atom. The average Bonchev–Trinajstić information content (AvgIpc) is 3.03. The van der Waals surface area contributed by atoms with Crippen LogP contribution in [0.25, 0.3) is 10.2 Å². The Labute approximate surface area is 153 Å². The quantitative estimate of drug-likeness (QED) is 0.405. The Bertz CT molecular complexity index is 917. The second-order valence-corrected chi connectivity index (χ2v) is 7.74. The molecule has 0 spiro atoms. The number of nitrogens with zero attached hydrogens (tertiary/aromatic N) is 2. The largest absolute Gasteiger partial charge is 0.507 e. The first-order valence-corrected chi connectivity index (χ1v) is 9.44. The van der Waals surface area contributed by atoms with Crippen LogP contribution in [0.3, 0.4) is 0 Å². The molecular weight excluding hydrogens is 354 g/mol. The first-order chi connectivity index (χ1) is 12.0. The number of nitrogens with one attached hydrogen (secondary N) is 1. The summed E-state index contributed by atoms with van der Waals surface area (Å²) in [5, 5.41) is 14.0. The standard InChI is InChI=1S/C18H17N3O2S2/c1-11-7-8-15(22)13(9-11)12(2)20-21-17(23)10-24-18-19-14-5-3-4-6-16(14)25-18/h3-9,22H,10H2,1-2H3,(H,21,23)/b20-12+. The van der Waals surface area contributed by atoms with Crippen molar-refractivity contribution in [2.45, 2.75) is 18.2 Å². The van der Waals surface area contributed by atoms with Gasteiger partial charge in [-0.3, -0.25) is 4.79 Å². The highest BCUT2D eigenvalue weighted by Gasteiger charge is 2.09. The Hall–Kier alpha value is -2.38. The number of thiazole rings is 1. The number of hydrazone groups is 1. The molecule has 5 nitrogen and oxygen atoms in total. The lowest BCUT2D eigenvalue weighted by molar-refractivity contribution is -0.118. The third kappa shape index (κ3) is 4.37. The third-order valence-electron chi connectivity index (χ3n) is 3.49. The van der Waals surface area contributed by atoms with Crippen molar-refractivity contribution < 1.29 is 9.90 Å². The Kier molecular flexibility index (Phi) is 5.35. The number of phenols is 1. The van der Waals surface area contributed by atoms with Crippen molar-refractivity contribution in [1.29, 1.82) is 0 Å². The van der Waals surface area contributed by atoms with Crippen molar-refractivity contribution in [3.8, 4) is 5.75 Å². The van der Waals surface area contributed by atoms with E-state index in [2.05, 4.69) is 15.5 Å². The number of amides is 1. The molecule has 0 aliphatic carbocycles. The average molecular weight is 371 g/mol. The molecule has 25 heavy (non-hydrogen) atoms. The van der Waals surface area contributed by atoms with E-state index in [0.717, 1.165) is 20.1 Å². The summed E-state index contributed by atoms with van der Waals surface area (Å²) in [6, 6.07) is 13.2. The van der Waals surface area contributed by atoms with E-state index in [1.54, 1.807) is 24.3 Å². The number of hydrogen-bond acceptors (Lipinski definition) is 6. The maximum atomic E-state index is 12.0. The molecule has 0 fully saturated rings. The van der Waals surface area contributed by atoms with Crippen LogP contribution >= 0.6 is 23.1 Å². The molecule has 3 aromatic rings. The lowest BCUT2D eigenvalue weighted by Gasteiger charge is -2.06. The monoisotopic (exact) mass is 371 g/mol. The molecule has 1 heterocycles. The fourth-order valence-corrected chi connectivity index (χ4v) is 4.08. The number of carbonyl (C=O) groups excluding carboxylic acids is 1. The molecule has 3 rings (SSSR count). The van der Waals surface area contributed by atoms with E-state index < -0.39 is 0 Å². The molecule has 0 saturated carbocycles. The summed E-state index contributed by atoms with van der Waals surface area (Å²) in [6.45, 7) is 3.68. The molecule has 7 heteroatoms. The number of hydrogen-bond donors (Lipinski definition) is 2. The fourth-order valence-electron chi connectivity index (χ4n) is 2.22. The minimum atomic E-state index is -0.212. The molecule has 0 unspecified atom stereocenters. The smallest absolute Gasteiger partial charge is 0.250 e. The topological polar surface area (TPSA) is 74.6 Å². The van der Waals surface area contributed by atoms with Crippen LogP contribution in [0.5, 0.6) is 5.75 Å². The molecule has 1 amide bonds. The first kappa shape index (κ1) is 17.4. The van der Waals surface area contributed by atoms with Gasteiger partial charge >= 0.3 is 0 Å². The number of benzene rings is 2. The van der Waals surface area contributed by atoms with E-state index in [-0.39, 0.29) is 17.4 Å². The molecule has 2 aromatic carbocycles. The highest BCUT2D eigenvalue weighted by molar-refractivity contribution is 8.01. The number of fused-ring (bicyclic) bond motifs is 1. The van der Waals surface area contributed by atoms with Crippen LogP contribution < -0.4 is 5.43 Å². The zero-order chi connectivity index (χ0) is 17.8. The minimum absolute atomic E-state index is 0.143. The van der Waals surface area contributed by atoms with E-state index >= 15 is 0 Å². The number of aryl methyl sites for hydroxylation is 1. The summed E-state index contributed by atoms with van der Waals surface area (Å²) in [4.78, 5) is 16.5. The molecule has 2 N–H and O–H groups in total. The van der Waals surface area contributed by atoms with Gasteiger partial charge in [0, 0.05) is 5.56 Å². The van der Waals surface area contributed by atoms with Crippen molar-refractivity contribution in [1.82, 2.24) is 10.4 Å². The summed E-state index contributed by atoms with van der Waals surface area (Å²) >= 11 is 2.95. The molecule has 0 radical (unpaired) electrons. The van der Waals surface area contributed by atoms with E-state index in [1.807, 2.05) is 43.3 Å². The molecule has 0 aliphatic heterocycles. The molecule has 0 aliphatic rings. The van der Waals surface area contributed by atoms with Crippen molar-refractivity contribution in [3.63, 3.8) is 0 Å². The second-order valence-electron chi connectivity index (χ2n) is 5.49. The van der Waals surface area contributed by atoms with E-state index in [0.29, 0.717) is 11.3 Å². The zero-order valence-corrected chi connectivity index (χ0v) is 15.4. The number of aromatic hydroxyl groups is 1. The van der Waals surface area contributed by atoms with Gasteiger partial charge in [-0.25, -0.2) is 10.4 Å². The summed E-state index contributed by atoms with van der Waals surface area (Å²) in [5.74, 6) is 0.164. The van der Waals surface area contributed by atoms with Gasteiger partial charge in [0.05, 0.1) is 21.7 Å². The van der Waals surface area contributed by atoms with Gasteiger partial charge in [0.2, 0.25) is 0 Å². The fraction of sp³-hybridized carbons (Fsp3) is 0.167. The maximum Gasteiger partial charge on any atom is 0.250 e. The third-order valence-corrected chi connectivity index (χ3v) is 5.67. The number of aromatic nitrogens is 1. The Balaban J connectivity index is 1.59. The SMILES string of the molecule is C/C(=N\NC(=O)CSc1nc2ccccc2s1)c1cc(C)ccc1O. The summed E-state index contributed by atoms with van der Waals surface area (Å²) < 4.78 is 1.96. The van der Waals surface area contributed by atoms with Crippen LogP contribution in [0, 0.1) is 6.92 Å². The number of carbonyl (C=O) groups is 1. The highest BCUT2D eigenvalue weighted by Crippen LogP contribution is 2.29. The van der Waals surface area contributed by atoms with Crippen LogP contribution in [0.4, 0.5) is 0 Å². The molecule has 0 saturated heterocycles. The van der Waals surface area contributed by atoms with Crippen molar-refractivity contribution >= 4 is 44.9 Å². The minimum Gasteiger partial charge on any atom is -0.507 e. The number of para-hydroxylation sites is 1. The van der Waals surface area contributed by atoms with E-state index in [4.69, 9.17) is 0 Å². The van der Waals surface area contributed by atoms with Crippen molar-refractivity contribution in [2.75, 3.05) is 5.75 Å². The number of phenolic OH excluding ortho intramolecular Hbond substituents is 1. The van der Waals surface area contributed by atoms with Gasteiger partial charge in [-0.1, -0.05) is 35.5 Å². The first-order valence-electron chi connectivity index (χ1n) is 7.64. The zero-order valence-electron chi connectivity index (χ0n) is 13.8. The predicted molar refractivity (Wildman–Crippen MR) is 104 cm³/mol. The number of rotatable bonds is 5. The molecule has 1 aromatic heterocycles. The maximum absolute atomic E-state index is 12.0. The van der Waals surface area contributed by atoms with Crippen LogP contribution in [0.15, 0.2) is 51.9 Å². The number of thioether (sulfide) groups is 1. The van der Waals surface area contributed by atoms with Gasteiger partial charge in [-0.2, -0.15) is 5.10 Å². The van der Waals surface area contributed by atoms with Gasteiger partial charge in [0.1, 0.15) is 5.75 Å². The lowest BCUT2D eigenvalue weighted by Crippen LogP contribution is -2.21. The molecule has 0 bridgehead atoms. The van der Waals surface area contributed by atoms with Crippen LogP contribution in [-0.4, -0.2) is 27.5 Å². The Morgan fingerprint density at radius 2 is 2.12 bits per heavy atom. The summed E-state index contributed by atoms with van der Waals surface area (Å²) in [6.07, 6.45) is 0. The van der Waals surface area contributed by atoms with Gasteiger partial charge in [0.15, 0.2) is 4.34 Å². The summed E-state index contributed by atoms with van der Waals surface area (Å²) in [5.41, 5.74) is 5.65. The normalized spacial score (nSPS) is 11.7. The molecule has 0 atom stereocenters. The van der Waals surface area contributed by atoms with E-state index in [9.17, 15) is 9.90 Å². The van der Waals surface area contributed by atoms with Crippen LogP contribution in [0.2, 0.25) is 0 Å². The molecular formula is C18H17N3O2S2. The van der Waals surface area contributed by atoms with Crippen molar-refractivity contribution in [2.24, 2.45) is 5.10 Å². The highest BCUT2D eigenvalue weighted by atomic mass is 32.2. The van der Waals surface area contributed by atoms with Crippen LogP contribution in [0.1, 0.15) is 18.1 Å². The Morgan fingerprint density at radius 1 is 1.32 bits per heavy atom. The van der Waals surface area contributed by atoms with Gasteiger partial charge < -0.3 is 5.11 Å². The van der Waals surface area contributed by atoms with Gasteiger partial charge in [-0.05, 0) is 38.1 Å².